The summed E-state index contributed by atoms with van der Waals surface area (Å²) in [7, 11) is 0. The van der Waals surface area contributed by atoms with E-state index in [1.165, 1.54) is 0 Å². The molecule has 5 heteroatoms. The van der Waals surface area contributed by atoms with Gasteiger partial charge in [0.2, 0.25) is 5.91 Å². The summed E-state index contributed by atoms with van der Waals surface area (Å²) in [5, 5.41) is 5.64. The molecule has 1 aromatic carbocycles. The predicted octanol–water partition coefficient (Wildman–Crippen LogP) is 2.74. The fourth-order valence-electron chi connectivity index (χ4n) is 2.21. The van der Waals surface area contributed by atoms with Gasteiger partial charge in [-0.3, -0.25) is 9.59 Å². The van der Waals surface area contributed by atoms with E-state index in [1.807, 2.05) is 19.9 Å². The molecule has 0 aliphatic carbocycles. The number of carbonyl (C=O) groups is 2. The van der Waals surface area contributed by atoms with Crippen molar-refractivity contribution in [1.82, 2.24) is 10.6 Å². The van der Waals surface area contributed by atoms with Gasteiger partial charge in [-0.15, -0.1) is 0 Å². The van der Waals surface area contributed by atoms with Crippen LogP contribution >= 0.6 is 0 Å². The molecule has 0 aliphatic heterocycles. The lowest BCUT2D eigenvalue weighted by molar-refractivity contribution is -0.124. The van der Waals surface area contributed by atoms with Crippen molar-refractivity contribution in [3.63, 3.8) is 0 Å². The Hall–Kier alpha value is -2.56. The molecule has 5 nitrogen and oxygen atoms in total. The summed E-state index contributed by atoms with van der Waals surface area (Å²) in [5.74, 6) is 0.249. The van der Waals surface area contributed by atoms with Crippen LogP contribution in [0.3, 0.4) is 0 Å². The molecule has 2 N–H and O–H groups in total. The summed E-state index contributed by atoms with van der Waals surface area (Å²) in [6.07, 6.45) is 2.35. The van der Waals surface area contributed by atoms with Crippen LogP contribution in [0.25, 0.3) is 0 Å². The van der Waals surface area contributed by atoms with Crippen LogP contribution in [0.1, 0.15) is 36.4 Å². The van der Waals surface area contributed by atoms with E-state index >= 15 is 0 Å². The molecule has 2 amide bonds. The zero-order valence-corrected chi connectivity index (χ0v) is 13.4. The lowest BCUT2D eigenvalue weighted by Crippen LogP contribution is -2.50. The minimum atomic E-state index is -0.581. The number of nitrogens with one attached hydrogen (secondary N) is 2. The lowest BCUT2D eigenvalue weighted by Gasteiger charge is -2.23. The smallest absolute Gasteiger partial charge is 0.251 e. The molecule has 2 rings (SSSR count). The highest BCUT2D eigenvalue weighted by molar-refractivity contribution is 5.97. The molecule has 2 atom stereocenters. The number of amides is 2. The topological polar surface area (TPSA) is 71.3 Å². The Morgan fingerprint density at radius 2 is 1.87 bits per heavy atom. The molecule has 0 fully saturated rings. The van der Waals surface area contributed by atoms with Gasteiger partial charge in [0.1, 0.15) is 11.8 Å². The van der Waals surface area contributed by atoms with Crippen molar-refractivity contribution >= 4 is 11.8 Å². The van der Waals surface area contributed by atoms with Crippen LogP contribution in [0.4, 0.5) is 0 Å². The summed E-state index contributed by atoms with van der Waals surface area (Å²) < 4.78 is 5.20. The average Bonchev–Trinajstić information content (AvgIpc) is 3.11. The third-order valence-corrected chi connectivity index (χ3v) is 3.83. The number of carbonyl (C=O) groups excluding carboxylic acids is 2. The second kappa shape index (κ2) is 8.17. The molecule has 1 aromatic heterocycles. The molecule has 122 valence electrons. The van der Waals surface area contributed by atoms with Crippen molar-refractivity contribution in [3.8, 4) is 0 Å². The fraction of sp³-hybridized carbons (Fsp3) is 0.333. The number of hydrogen-bond donors (Lipinski definition) is 2. The highest BCUT2D eigenvalue weighted by Gasteiger charge is 2.26. The molecule has 0 bridgehead atoms. The van der Waals surface area contributed by atoms with E-state index in [4.69, 9.17) is 4.42 Å². The summed E-state index contributed by atoms with van der Waals surface area (Å²) in [6.45, 7) is 4.24. The number of rotatable bonds is 7. The maximum Gasteiger partial charge on any atom is 0.251 e. The average molecular weight is 314 g/mol. The quantitative estimate of drug-likeness (QED) is 0.825. The van der Waals surface area contributed by atoms with Gasteiger partial charge in [0.15, 0.2) is 0 Å². The molecule has 0 saturated heterocycles. The second-order valence-electron chi connectivity index (χ2n) is 5.50. The third kappa shape index (κ3) is 4.71. The molecule has 23 heavy (non-hydrogen) atoms. The van der Waals surface area contributed by atoms with Gasteiger partial charge in [-0.1, -0.05) is 38.5 Å². The highest BCUT2D eigenvalue weighted by atomic mass is 16.3. The third-order valence-electron chi connectivity index (χ3n) is 3.83. The first-order valence-electron chi connectivity index (χ1n) is 7.77. The van der Waals surface area contributed by atoms with E-state index in [0.717, 1.165) is 6.42 Å². The van der Waals surface area contributed by atoms with Gasteiger partial charge in [0.25, 0.3) is 5.91 Å². The van der Waals surface area contributed by atoms with Crippen molar-refractivity contribution < 1.29 is 14.0 Å². The fourth-order valence-corrected chi connectivity index (χ4v) is 2.21. The first-order valence-corrected chi connectivity index (χ1v) is 7.77. The molecule has 2 aromatic rings. The number of benzene rings is 1. The molecule has 1 heterocycles. The Morgan fingerprint density at radius 1 is 1.13 bits per heavy atom. The lowest BCUT2D eigenvalue weighted by atomic mass is 9.98. The first kappa shape index (κ1) is 16.8. The van der Waals surface area contributed by atoms with Crippen LogP contribution < -0.4 is 10.6 Å². The van der Waals surface area contributed by atoms with Crippen molar-refractivity contribution in [2.75, 3.05) is 0 Å². The van der Waals surface area contributed by atoms with Gasteiger partial charge in [0, 0.05) is 5.56 Å². The van der Waals surface area contributed by atoms with E-state index in [-0.39, 0.29) is 17.7 Å². The van der Waals surface area contributed by atoms with E-state index in [0.29, 0.717) is 17.9 Å². The summed E-state index contributed by atoms with van der Waals surface area (Å²) in [5.41, 5.74) is 0.541. The molecular formula is C18H22N2O3. The summed E-state index contributed by atoms with van der Waals surface area (Å²) >= 11 is 0. The maximum absolute atomic E-state index is 12.4. The molecule has 2 unspecified atom stereocenters. The zero-order valence-electron chi connectivity index (χ0n) is 13.4. The Balaban J connectivity index is 2.01. The van der Waals surface area contributed by atoms with Crippen molar-refractivity contribution in [2.45, 2.75) is 32.9 Å². The molecule has 0 aliphatic rings. The molecule has 0 radical (unpaired) electrons. The van der Waals surface area contributed by atoms with E-state index in [1.54, 1.807) is 42.7 Å². The largest absolute Gasteiger partial charge is 0.467 e. The van der Waals surface area contributed by atoms with Crippen LogP contribution in [0.5, 0.6) is 0 Å². The van der Waals surface area contributed by atoms with Gasteiger partial charge in [-0.2, -0.15) is 0 Å². The first-order chi connectivity index (χ1) is 11.1. The van der Waals surface area contributed by atoms with Crippen LogP contribution in [0.2, 0.25) is 0 Å². The van der Waals surface area contributed by atoms with Gasteiger partial charge in [0.05, 0.1) is 12.8 Å². The van der Waals surface area contributed by atoms with Crippen molar-refractivity contribution in [2.24, 2.45) is 5.92 Å². The van der Waals surface area contributed by atoms with Gasteiger partial charge in [-0.25, -0.2) is 0 Å². The van der Waals surface area contributed by atoms with Crippen molar-refractivity contribution in [3.05, 3.63) is 60.1 Å². The molecule has 0 spiro atoms. The number of hydrogen-bond acceptors (Lipinski definition) is 3. The van der Waals surface area contributed by atoms with Gasteiger partial charge >= 0.3 is 0 Å². The monoisotopic (exact) mass is 314 g/mol. The second-order valence-corrected chi connectivity index (χ2v) is 5.50. The summed E-state index contributed by atoms with van der Waals surface area (Å²) in [4.78, 5) is 24.7. The molecule has 0 saturated carbocycles. The van der Waals surface area contributed by atoms with Gasteiger partial charge in [-0.05, 0) is 30.2 Å². The minimum Gasteiger partial charge on any atom is -0.467 e. The normalized spacial score (nSPS) is 13.1. The van der Waals surface area contributed by atoms with Gasteiger partial charge < -0.3 is 15.1 Å². The van der Waals surface area contributed by atoms with E-state index < -0.39 is 6.04 Å². The zero-order chi connectivity index (χ0) is 16.7. The van der Waals surface area contributed by atoms with Crippen LogP contribution in [0.15, 0.2) is 53.1 Å². The standard InChI is InChI=1S/C18H22N2O3/c1-3-13(2)16(18(22)19-12-15-10-7-11-23-15)20-17(21)14-8-5-4-6-9-14/h4-11,13,16H,3,12H2,1-2H3,(H,19,22)(H,20,21). The minimum absolute atomic E-state index is 0.0271. The Bertz CT molecular complexity index is 623. The highest BCUT2D eigenvalue weighted by Crippen LogP contribution is 2.10. The maximum atomic E-state index is 12.4. The SMILES string of the molecule is CCC(C)C(NC(=O)c1ccccc1)C(=O)NCc1ccco1. The Kier molecular flexibility index (Phi) is 5.97. The van der Waals surface area contributed by atoms with Crippen molar-refractivity contribution in [1.29, 1.82) is 0 Å². The van der Waals surface area contributed by atoms with Crippen LogP contribution in [-0.4, -0.2) is 17.9 Å². The van der Waals surface area contributed by atoms with Crippen LogP contribution in [-0.2, 0) is 11.3 Å². The molecular weight excluding hydrogens is 292 g/mol. The Labute approximate surface area is 136 Å². The van der Waals surface area contributed by atoms with E-state index in [2.05, 4.69) is 10.6 Å². The van der Waals surface area contributed by atoms with Crippen LogP contribution in [0, 0.1) is 5.92 Å². The predicted molar refractivity (Wildman–Crippen MR) is 87.7 cm³/mol. The summed E-state index contributed by atoms with van der Waals surface area (Å²) in [6, 6.07) is 11.9. The Morgan fingerprint density at radius 3 is 2.48 bits per heavy atom. The number of furan rings is 1. The van der Waals surface area contributed by atoms with E-state index in [9.17, 15) is 9.59 Å².